The first kappa shape index (κ1) is 9.45. The van der Waals surface area contributed by atoms with E-state index in [4.69, 9.17) is 0 Å². The topological polar surface area (TPSA) is 25.8 Å². The Morgan fingerprint density at radius 2 is 1.47 bits per heavy atom. The Balaban J connectivity index is 1.98. The van der Waals surface area contributed by atoms with Crippen molar-refractivity contribution in [3.8, 4) is 0 Å². The number of rotatable bonds is 2. The Bertz CT molecular complexity index is 418. The van der Waals surface area contributed by atoms with Crippen LogP contribution in [0.25, 0.3) is 0 Å². The standard InChI is InChI=1S/C10H10N2S3/c1-2-6-14(5-1)9-10(13-12-11-9)15-7-3-4-8-15/h1-8,14-15H. The van der Waals surface area contributed by atoms with Gasteiger partial charge in [-0.3, -0.25) is 0 Å². The summed E-state index contributed by atoms with van der Waals surface area (Å²) in [6.45, 7) is 0. The quantitative estimate of drug-likeness (QED) is 0.792. The zero-order valence-corrected chi connectivity index (χ0v) is 10.4. The maximum Gasteiger partial charge on any atom is 0.131 e. The number of thiol groups is 2. The van der Waals surface area contributed by atoms with Gasteiger partial charge in [0.05, 0.1) is 0 Å². The third kappa shape index (κ3) is 1.71. The molecule has 0 spiro atoms. The molecule has 0 aliphatic carbocycles. The van der Waals surface area contributed by atoms with Gasteiger partial charge in [-0.2, -0.15) is 21.8 Å². The zero-order valence-electron chi connectivity index (χ0n) is 7.82. The Labute approximate surface area is 98.0 Å². The summed E-state index contributed by atoms with van der Waals surface area (Å²) in [6, 6.07) is 0. The van der Waals surface area contributed by atoms with Gasteiger partial charge in [-0.1, -0.05) is 28.8 Å². The summed E-state index contributed by atoms with van der Waals surface area (Å²) >= 11 is 1.55. The van der Waals surface area contributed by atoms with Gasteiger partial charge in [-0.25, -0.2) is 0 Å². The predicted octanol–water partition coefficient (Wildman–Crippen LogP) is 3.34. The first-order valence-corrected chi connectivity index (χ1v) is 8.27. The predicted molar refractivity (Wildman–Crippen MR) is 71.0 cm³/mol. The van der Waals surface area contributed by atoms with Gasteiger partial charge in [0.25, 0.3) is 0 Å². The summed E-state index contributed by atoms with van der Waals surface area (Å²) in [5, 5.41) is 14.5. The molecule has 15 heavy (non-hydrogen) atoms. The van der Waals surface area contributed by atoms with Gasteiger partial charge in [0.15, 0.2) is 0 Å². The van der Waals surface area contributed by atoms with Crippen molar-refractivity contribution in [1.29, 1.82) is 0 Å². The van der Waals surface area contributed by atoms with Crippen molar-refractivity contribution >= 4 is 33.3 Å². The molecule has 5 heteroatoms. The minimum Gasteiger partial charge on any atom is -0.173 e. The van der Waals surface area contributed by atoms with E-state index in [2.05, 4.69) is 55.5 Å². The van der Waals surface area contributed by atoms with Gasteiger partial charge in [-0.15, -0.1) is 5.10 Å². The van der Waals surface area contributed by atoms with Crippen LogP contribution in [0.4, 0.5) is 0 Å². The second kappa shape index (κ2) is 4.00. The van der Waals surface area contributed by atoms with Gasteiger partial charge in [0, 0.05) is 0 Å². The molecule has 0 unspecified atom stereocenters. The molecule has 3 rings (SSSR count). The van der Waals surface area contributed by atoms with Crippen molar-refractivity contribution < 1.29 is 0 Å². The van der Waals surface area contributed by atoms with Crippen LogP contribution in [0.5, 0.6) is 0 Å². The molecule has 1 aromatic heterocycles. The number of hydrogen-bond donors (Lipinski definition) is 2. The number of aromatic nitrogens is 2. The van der Waals surface area contributed by atoms with Gasteiger partial charge in [-0.05, 0) is 33.2 Å². The van der Waals surface area contributed by atoms with Gasteiger partial charge in [0.2, 0.25) is 0 Å². The molecule has 1 aromatic rings. The van der Waals surface area contributed by atoms with Crippen LogP contribution in [0, 0.1) is 0 Å². The van der Waals surface area contributed by atoms with Gasteiger partial charge in [0.1, 0.15) is 9.24 Å². The average molecular weight is 254 g/mol. The van der Waals surface area contributed by atoms with Crippen LogP contribution in [0.1, 0.15) is 0 Å². The van der Waals surface area contributed by atoms with E-state index in [1.165, 1.54) is 9.24 Å². The lowest BCUT2D eigenvalue weighted by atomic mass is 10.6. The molecule has 0 saturated carbocycles. The Morgan fingerprint density at radius 3 is 2.13 bits per heavy atom. The van der Waals surface area contributed by atoms with E-state index in [0.717, 1.165) is 0 Å². The minimum atomic E-state index is -0.316. The fourth-order valence-electron chi connectivity index (χ4n) is 1.45. The highest BCUT2D eigenvalue weighted by Crippen LogP contribution is 2.53. The minimum absolute atomic E-state index is 0.259. The third-order valence-corrected chi connectivity index (χ3v) is 7.33. The van der Waals surface area contributed by atoms with E-state index in [-0.39, 0.29) is 21.8 Å². The van der Waals surface area contributed by atoms with Crippen molar-refractivity contribution in [2.45, 2.75) is 9.24 Å². The first-order chi connectivity index (χ1) is 7.45. The second-order valence-electron chi connectivity index (χ2n) is 3.08. The van der Waals surface area contributed by atoms with Crippen molar-refractivity contribution in [3.63, 3.8) is 0 Å². The summed E-state index contributed by atoms with van der Waals surface area (Å²) in [5.74, 6) is 0. The molecule has 0 fully saturated rings. The van der Waals surface area contributed by atoms with E-state index < -0.39 is 0 Å². The molecule has 3 heterocycles. The molecule has 2 nitrogen and oxygen atoms in total. The van der Waals surface area contributed by atoms with Crippen LogP contribution in [0.3, 0.4) is 0 Å². The van der Waals surface area contributed by atoms with Crippen LogP contribution in [0.15, 0.2) is 55.2 Å². The normalized spacial score (nSPS) is 22.1. The Morgan fingerprint density at radius 1 is 0.867 bits per heavy atom. The number of allylic oxidation sites excluding steroid dienone is 4. The van der Waals surface area contributed by atoms with Crippen LogP contribution in [-0.2, 0) is 0 Å². The summed E-state index contributed by atoms with van der Waals surface area (Å²) in [4.78, 5) is 0. The summed E-state index contributed by atoms with van der Waals surface area (Å²) in [5.41, 5.74) is 0. The fraction of sp³-hybridized carbons (Fsp3) is 0. The maximum atomic E-state index is 4.29. The molecule has 0 atom stereocenters. The number of hydrogen-bond acceptors (Lipinski definition) is 3. The molecule has 0 radical (unpaired) electrons. The molecule has 78 valence electrons. The third-order valence-electron chi connectivity index (χ3n) is 2.14. The molecule has 2 aliphatic rings. The maximum absolute atomic E-state index is 4.29. The van der Waals surface area contributed by atoms with Crippen LogP contribution in [-0.4, -0.2) is 9.59 Å². The summed E-state index contributed by atoms with van der Waals surface area (Å²) in [6.07, 6.45) is 8.43. The lowest BCUT2D eigenvalue weighted by Gasteiger charge is -2.12. The van der Waals surface area contributed by atoms with Crippen molar-refractivity contribution in [2.75, 3.05) is 0 Å². The van der Waals surface area contributed by atoms with Gasteiger partial charge >= 0.3 is 0 Å². The molecule has 0 saturated heterocycles. The van der Waals surface area contributed by atoms with Crippen molar-refractivity contribution in [2.24, 2.45) is 0 Å². The molecule has 2 aliphatic heterocycles. The highest BCUT2D eigenvalue weighted by Gasteiger charge is 2.17. The van der Waals surface area contributed by atoms with Crippen LogP contribution >= 0.6 is 33.3 Å². The van der Waals surface area contributed by atoms with E-state index in [9.17, 15) is 0 Å². The molecular weight excluding hydrogens is 244 g/mol. The second-order valence-corrected chi connectivity index (χ2v) is 7.83. The number of nitrogens with zero attached hydrogens (tertiary/aromatic N) is 2. The van der Waals surface area contributed by atoms with E-state index in [1.54, 1.807) is 11.5 Å². The SMILES string of the molecule is C1=C[SH](c2nnsc2[SH]2C=CC=C2)C=C1. The first-order valence-electron chi connectivity index (χ1n) is 4.54. The smallest absolute Gasteiger partial charge is 0.131 e. The Kier molecular flexibility index (Phi) is 2.52. The molecule has 0 aromatic carbocycles. The summed E-state index contributed by atoms with van der Waals surface area (Å²) < 4.78 is 5.46. The largest absolute Gasteiger partial charge is 0.173 e. The highest BCUT2D eigenvalue weighted by atomic mass is 32.2. The highest BCUT2D eigenvalue weighted by molar-refractivity contribution is 8.25. The van der Waals surface area contributed by atoms with E-state index in [1.807, 2.05) is 0 Å². The molecule has 0 N–H and O–H groups in total. The fourth-order valence-corrected chi connectivity index (χ4v) is 6.35. The lowest BCUT2D eigenvalue weighted by Crippen LogP contribution is -1.79. The molecule has 0 amide bonds. The molecular formula is C10H10N2S3. The van der Waals surface area contributed by atoms with Crippen LogP contribution in [0.2, 0.25) is 0 Å². The Hall–Kier alpha value is -0.780. The van der Waals surface area contributed by atoms with E-state index >= 15 is 0 Å². The molecule has 0 bridgehead atoms. The van der Waals surface area contributed by atoms with E-state index in [0.29, 0.717) is 0 Å². The average Bonchev–Trinajstić information content (AvgIpc) is 3.01. The van der Waals surface area contributed by atoms with Crippen molar-refractivity contribution in [3.05, 3.63) is 45.9 Å². The van der Waals surface area contributed by atoms with Gasteiger partial charge < -0.3 is 0 Å². The summed E-state index contributed by atoms with van der Waals surface area (Å²) in [7, 11) is -0.575. The monoisotopic (exact) mass is 254 g/mol. The van der Waals surface area contributed by atoms with Crippen LogP contribution < -0.4 is 0 Å². The van der Waals surface area contributed by atoms with Crippen molar-refractivity contribution in [1.82, 2.24) is 9.59 Å². The lowest BCUT2D eigenvalue weighted by molar-refractivity contribution is 1.00. The zero-order chi connectivity index (χ0) is 10.1.